The Labute approximate surface area is 111 Å². The Balaban J connectivity index is 1.62. The highest BCUT2D eigenvalue weighted by Crippen LogP contribution is 2.18. The fourth-order valence-electron chi connectivity index (χ4n) is 2.93. The van der Waals surface area contributed by atoms with Gasteiger partial charge < -0.3 is 10.2 Å². The molecule has 1 atom stereocenters. The topological polar surface area (TPSA) is 49.4 Å². The van der Waals surface area contributed by atoms with Crippen LogP contribution in [0.5, 0.6) is 0 Å². The van der Waals surface area contributed by atoms with Gasteiger partial charge in [0.1, 0.15) is 0 Å². The van der Waals surface area contributed by atoms with Crippen molar-refractivity contribution < 1.29 is 8.42 Å². The molecule has 106 valence electrons. The summed E-state index contributed by atoms with van der Waals surface area (Å²) in [6.45, 7) is 5.06. The van der Waals surface area contributed by atoms with E-state index in [0.29, 0.717) is 12.3 Å². The van der Waals surface area contributed by atoms with Crippen LogP contribution in [-0.2, 0) is 9.84 Å². The number of nitrogens with one attached hydrogen (secondary N) is 1. The van der Waals surface area contributed by atoms with Gasteiger partial charge in [-0.25, -0.2) is 8.42 Å². The van der Waals surface area contributed by atoms with Crippen molar-refractivity contribution in [1.29, 1.82) is 0 Å². The van der Waals surface area contributed by atoms with Crippen LogP contribution in [0.1, 0.15) is 38.5 Å². The number of rotatable bonds is 5. The Morgan fingerprint density at radius 2 is 1.83 bits per heavy atom. The predicted molar refractivity (Wildman–Crippen MR) is 74.6 cm³/mol. The molecule has 0 saturated carbocycles. The molecule has 2 saturated heterocycles. The third-order valence-corrected chi connectivity index (χ3v) is 6.41. The van der Waals surface area contributed by atoms with Gasteiger partial charge in [-0.05, 0) is 38.8 Å². The quantitative estimate of drug-likeness (QED) is 0.761. The van der Waals surface area contributed by atoms with E-state index in [1.165, 1.54) is 32.4 Å². The van der Waals surface area contributed by atoms with Crippen LogP contribution in [-0.4, -0.2) is 57.0 Å². The minimum absolute atomic E-state index is 0.132. The van der Waals surface area contributed by atoms with E-state index in [9.17, 15) is 8.42 Å². The van der Waals surface area contributed by atoms with Gasteiger partial charge in [-0.15, -0.1) is 0 Å². The molecule has 0 spiro atoms. The molecule has 0 radical (unpaired) electrons. The maximum Gasteiger partial charge on any atom is 0.154 e. The second-order valence-electron chi connectivity index (χ2n) is 5.59. The molecule has 0 aromatic carbocycles. The molecule has 1 unspecified atom stereocenters. The van der Waals surface area contributed by atoms with Gasteiger partial charge in [0.25, 0.3) is 0 Å². The van der Waals surface area contributed by atoms with Crippen LogP contribution < -0.4 is 5.32 Å². The highest BCUT2D eigenvalue weighted by atomic mass is 32.2. The summed E-state index contributed by atoms with van der Waals surface area (Å²) in [6, 6.07) is 0. The van der Waals surface area contributed by atoms with Crippen molar-refractivity contribution in [3.05, 3.63) is 0 Å². The smallest absolute Gasteiger partial charge is 0.154 e. The Hall–Kier alpha value is -0.130. The minimum Gasteiger partial charge on any atom is -0.314 e. The maximum absolute atomic E-state index is 11.8. The summed E-state index contributed by atoms with van der Waals surface area (Å²) in [4.78, 5) is 2.48. The summed E-state index contributed by atoms with van der Waals surface area (Å²) in [6.07, 6.45) is 6.77. The molecule has 0 bridgehead atoms. The number of hydrogen-bond acceptors (Lipinski definition) is 4. The first kappa shape index (κ1) is 14.3. The third-order valence-electron chi connectivity index (χ3n) is 4.14. The summed E-state index contributed by atoms with van der Waals surface area (Å²) >= 11 is 0. The summed E-state index contributed by atoms with van der Waals surface area (Å²) in [5, 5.41) is 3.21. The molecule has 0 amide bonds. The van der Waals surface area contributed by atoms with Crippen LogP contribution in [0, 0.1) is 0 Å². The number of sulfone groups is 1. The molecule has 2 rings (SSSR count). The summed E-state index contributed by atoms with van der Waals surface area (Å²) in [5.74, 6) is 0.394. The Morgan fingerprint density at radius 3 is 2.56 bits per heavy atom. The van der Waals surface area contributed by atoms with Crippen molar-refractivity contribution in [2.45, 2.75) is 43.8 Å². The maximum atomic E-state index is 11.8. The molecule has 1 N–H and O–H groups in total. The van der Waals surface area contributed by atoms with Gasteiger partial charge in [0, 0.05) is 19.6 Å². The molecule has 4 nitrogen and oxygen atoms in total. The van der Waals surface area contributed by atoms with Gasteiger partial charge in [0.15, 0.2) is 9.84 Å². The fraction of sp³-hybridized carbons (Fsp3) is 1.00. The van der Waals surface area contributed by atoms with E-state index >= 15 is 0 Å². The third kappa shape index (κ3) is 4.21. The van der Waals surface area contributed by atoms with Crippen molar-refractivity contribution >= 4 is 9.84 Å². The van der Waals surface area contributed by atoms with Gasteiger partial charge in [0.2, 0.25) is 0 Å². The first-order valence-electron chi connectivity index (χ1n) is 7.33. The zero-order valence-electron chi connectivity index (χ0n) is 11.2. The number of piperidine rings is 1. The summed E-state index contributed by atoms with van der Waals surface area (Å²) < 4.78 is 23.7. The van der Waals surface area contributed by atoms with Gasteiger partial charge >= 0.3 is 0 Å². The van der Waals surface area contributed by atoms with Crippen LogP contribution in [0.2, 0.25) is 0 Å². The lowest BCUT2D eigenvalue weighted by Crippen LogP contribution is -2.41. The Morgan fingerprint density at radius 1 is 1.06 bits per heavy atom. The minimum atomic E-state index is -2.80. The molecular formula is C13H26N2O2S. The van der Waals surface area contributed by atoms with Gasteiger partial charge in [0.05, 0.1) is 11.0 Å². The van der Waals surface area contributed by atoms with Crippen LogP contribution >= 0.6 is 0 Å². The van der Waals surface area contributed by atoms with E-state index in [-0.39, 0.29) is 5.25 Å². The molecule has 0 aromatic heterocycles. The lowest BCUT2D eigenvalue weighted by atomic mass is 10.1. The standard InChI is InChI=1S/C13H26N2O2S/c16-18(17)11-5-2-6-13(18)12-14-7-10-15-8-3-1-4-9-15/h13-14H,1-12H2. The van der Waals surface area contributed by atoms with Crippen LogP contribution in [0.25, 0.3) is 0 Å². The van der Waals surface area contributed by atoms with Gasteiger partial charge in [-0.3, -0.25) is 0 Å². The second kappa shape index (κ2) is 6.87. The van der Waals surface area contributed by atoms with Crippen LogP contribution in [0.3, 0.4) is 0 Å². The van der Waals surface area contributed by atoms with Gasteiger partial charge in [-0.1, -0.05) is 12.8 Å². The predicted octanol–water partition coefficient (Wildman–Crippen LogP) is 1.03. The first-order valence-corrected chi connectivity index (χ1v) is 9.05. The van der Waals surface area contributed by atoms with Crippen LogP contribution in [0.15, 0.2) is 0 Å². The number of likely N-dealkylation sites (tertiary alicyclic amines) is 1. The molecule has 5 heteroatoms. The van der Waals surface area contributed by atoms with Crippen molar-refractivity contribution in [2.75, 3.05) is 38.5 Å². The highest BCUT2D eigenvalue weighted by molar-refractivity contribution is 7.92. The average molecular weight is 274 g/mol. The van der Waals surface area contributed by atoms with E-state index in [4.69, 9.17) is 0 Å². The zero-order valence-corrected chi connectivity index (χ0v) is 12.1. The largest absolute Gasteiger partial charge is 0.314 e. The molecule has 2 aliphatic rings. The second-order valence-corrected chi connectivity index (χ2v) is 7.99. The summed E-state index contributed by atoms with van der Waals surface area (Å²) in [7, 11) is -2.80. The SMILES string of the molecule is O=S1(=O)CCCCC1CNCCN1CCCCC1. The monoisotopic (exact) mass is 274 g/mol. The molecule has 18 heavy (non-hydrogen) atoms. The fourth-order valence-corrected chi connectivity index (χ4v) is 4.77. The molecule has 2 fully saturated rings. The van der Waals surface area contributed by atoms with Crippen molar-refractivity contribution in [3.63, 3.8) is 0 Å². The molecule has 2 heterocycles. The molecule has 2 aliphatic heterocycles. The lowest BCUT2D eigenvalue weighted by molar-refractivity contribution is 0.229. The van der Waals surface area contributed by atoms with E-state index in [1.807, 2.05) is 0 Å². The Bertz CT molecular complexity index is 337. The van der Waals surface area contributed by atoms with Crippen molar-refractivity contribution in [3.8, 4) is 0 Å². The molecule has 0 aromatic rings. The molecule has 0 aliphatic carbocycles. The zero-order chi connectivity index (χ0) is 12.8. The van der Waals surface area contributed by atoms with Gasteiger partial charge in [-0.2, -0.15) is 0 Å². The number of hydrogen-bond donors (Lipinski definition) is 1. The van der Waals surface area contributed by atoms with E-state index in [2.05, 4.69) is 10.2 Å². The van der Waals surface area contributed by atoms with Crippen molar-refractivity contribution in [1.82, 2.24) is 10.2 Å². The lowest BCUT2D eigenvalue weighted by Gasteiger charge is -2.27. The van der Waals surface area contributed by atoms with E-state index < -0.39 is 9.84 Å². The van der Waals surface area contributed by atoms with E-state index in [0.717, 1.165) is 32.4 Å². The van der Waals surface area contributed by atoms with Crippen molar-refractivity contribution in [2.24, 2.45) is 0 Å². The van der Waals surface area contributed by atoms with Crippen LogP contribution in [0.4, 0.5) is 0 Å². The molecular weight excluding hydrogens is 248 g/mol. The van der Waals surface area contributed by atoms with E-state index in [1.54, 1.807) is 0 Å². The normalized spacial score (nSPS) is 29.2. The highest BCUT2D eigenvalue weighted by Gasteiger charge is 2.28. The summed E-state index contributed by atoms with van der Waals surface area (Å²) in [5.41, 5.74) is 0. The average Bonchev–Trinajstić information content (AvgIpc) is 2.37. The number of nitrogens with zero attached hydrogens (tertiary/aromatic N) is 1. The Kier molecular flexibility index (Phi) is 5.45. The first-order chi connectivity index (χ1) is 8.68.